The van der Waals surface area contributed by atoms with Crippen molar-refractivity contribution in [2.24, 2.45) is 16.9 Å². The van der Waals surface area contributed by atoms with Gasteiger partial charge in [0.05, 0.1) is 29.4 Å². The van der Waals surface area contributed by atoms with Gasteiger partial charge in [-0.15, -0.1) is 0 Å². The second-order valence-electron chi connectivity index (χ2n) is 10.5. The Kier molecular flexibility index (Phi) is 5.78. The third kappa shape index (κ3) is 3.54. The van der Waals surface area contributed by atoms with Gasteiger partial charge in [-0.25, -0.2) is 10.3 Å². The van der Waals surface area contributed by atoms with Gasteiger partial charge >= 0.3 is 0 Å². The maximum Gasteiger partial charge on any atom is 0.244 e. The van der Waals surface area contributed by atoms with Gasteiger partial charge in [0.25, 0.3) is 0 Å². The van der Waals surface area contributed by atoms with Crippen LogP contribution in [0, 0.1) is 11.8 Å². The Morgan fingerprint density at radius 3 is 2.08 bits per heavy atom. The van der Waals surface area contributed by atoms with Gasteiger partial charge < -0.3 is 0 Å². The van der Waals surface area contributed by atoms with E-state index in [-0.39, 0.29) is 30.1 Å². The summed E-state index contributed by atoms with van der Waals surface area (Å²) in [6.07, 6.45) is 1.87. The molecular formula is C33H24BrN3O3. The number of hydrazone groups is 1. The van der Waals surface area contributed by atoms with Crippen molar-refractivity contribution in [3.8, 4) is 0 Å². The Morgan fingerprint density at radius 1 is 0.825 bits per heavy atom. The summed E-state index contributed by atoms with van der Waals surface area (Å²) in [7, 11) is 0. The quantitative estimate of drug-likeness (QED) is 0.194. The first-order chi connectivity index (χ1) is 19.5. The number of imide groups is 1. The van der Waals surface area contributed by atoms with Crippen molar-refractivity contribution in [2.45, 2.75) is 17.8 Å². The summed E-state index contributed by atoms with van der Waals surface area (Å²) in [6.45, 7) is 0. The lowest BCUT2D eigenvalue weighted by Gasteiger charge is -2.52. The van der Waals surface area contributed by atoms with E-state index in [9.17, 15) is 14.4 Å². The summed E-state index contributed by atoms with van der Waals surface area (Å²) in [5.41, 5.74) is 7.01. The van der Waals surface area contributed by atoms with Gasteiger partial charge in [-0.2, -0.15) is 5.10 Å². The molecule has 1 aliphatic heterocycles. The molecule has 0 spiro atoms. The fourth-order valence-corrected chi connectivity index (χ4v) is 7.19. The molecule has 0 unspecified atom stereocenters. The van der Waals surface area contributed by atoms with Crippen LogP contribution in [0.5, 0.6) is 0 Å². The van der Waals surface area contributed by atoms with Crippen LogP contribution in [0.1, 0.15) is 33.7 Å². The van der Waals surface area contributed by atoms with Crippen LogP contribution in [0.4, 0.5) is 5.69 Å². The Labute approximate surface area is 239 Å². The lowest BCUT2D eigenvalue weighted by atomic mass is 9.47. The average Bonchev–Trinajstić information content (AvgIpc) is 3.25. The summed E-state index contributed by atoms with van der Waals surface area (Å²) in [5, 5.41) is 4.47. The van der Waals surface area contributed by atoms with Crippen molar-refractivity contribution >= 4 is 45.6 Å². The Morgan fingerprint density at radius 2 is 1.43 bits per heavy atom. The molecule has 0 radical (unpaired) electrons. The molecule has 2 atom stereocenters. The van der Waals surface area contributed by atoms with E-state index in [2.05, 4.69) is 26.5 Å². The predicted octanol–water partition coefficient (Wildman–Crippen LogP) is 5.34. The minimum absolute atomic E-state index is 0.182. The smallest absolute Gasteiger partial charge is 0.244 e. The van der Waals surface area contributed by atoms with E-state index in [1.807, 2.05) is 91.0 Å². The van der Waals surface area contributed by atoms with Crippen molar-refractivity contribution in [3.05, 3.63) is 135 Å². The minimum atomic E-state index is -1.02. The third-order valence-electron chi connectivity index (χ3n) is 8.43. The molecule has 7 heteroatoms. The molecule has 196 valence electrons. The van der Waals surface area contributed by atoms with Crippen LogP contribution >= 0.6 is 15.9 Å². The average molecular weight is 590 g/mol. The zero-order valence-electron chi connectivity index (χ0n) is 21.3. The lowest BCUT2D eigenvalue weighted by molar-refractivity contribution is -0.123. The van der Waals surface area contributed by atoms with Crippen LogP contribution in [0.2, 0.25) is 0 Å². The van der Waals surface area contributed by atoms with Gasteiger partial charge in [0, 0.05) is 16.6 Å². The van der Waals surface area contributed by atoms with Crippen molar-refractivity contribution in [2.75, 3.05) is 4.90 Å². The monoisotopic (exact) mass is 589 g/mol. The van der Waals surface area contributed by atoms with Crippen molar-refractivity contribution in [1.29, 1.82) is 0 Å². The van der Waals surface area contributed by atoms with E-state index >= 15 is 0 Å². The normalized spacial score (nSPS) is 24.1. The molecule has 4 aliphatic rings. The van der Waals surface area contributed by atoms with Crippen LogP contribution in [-0.2, 0) is 26.2 Å². The molecule has 1 N–H and O–H groups in total. The number of amides is 3. The number of rotatable bonds is 5. The highest BCUT2D eigenvalue weighted by Crippen LogP contribution is 2.63. The summed E-state index contributed by atoms with van der Waals surface area (Å²) in [4.78, 5) is 42.6. The van der Waals surface area contributed by atoms with E-state index in [1.54, 1.807) is 18.3 Å². The minimum Gasteiger partial charge on any atom is -0.274 e. The van der Waals surface area contributed by atoms with E-state index < -0.39 is 17.3 Å². The van der Waals surface area contributed by atoms with Crippen LogP contribution < -0.4 is 10.3 Å². The van der Waals surface area contributed by atoms with Crippen molar-refractivity contribution in [3.63, 3.8) is 0 Å². The Bertz CT molecular complexity index is 1650. The number of halogens is 1. The van der Waals surface area contributed by atoms with E-state index in [4.69, 9.17) is 0 Å². The molecule has 40 heavy (non-hydrogen) atoms. The van der Waals surface area contributed by atoms with Crippen LogP contribution in [0.15, 0.2) is 113 Å². The summed E-state index contributed by atoms with van der Waals surface area (Å²) < 4.78 is 0.863. The molecule has 3 aliphatic carbocycles. The zero-order chi connectivity index (χ0) is 27.4. The number of carbonyl (C=O) groups excluding carboxylic acids is 3. The molecule has 4 aromatic rings. The fraction of sp³-hybridized carbons (Fsp3) is 0.152. The molecule has 1 heterocycles. The fourth-order valence-electron chi connectivity index (χ4n) is 6.92. The number of benzene rings is 4. The second-order valence-corrected chi connectivity index (χ2v) is 11.4. The molecule has 4 aromatic carbocycles. The lowest BCUT2D eigenvalue weighted by Crippen LogP contribution is -2.54. The molecule has 6 nitrogen and oxygen atoms in total. The molecule has 3 amide bonds. The number of hydrogen-bond acceptors (Lipinski definition) is 4. The maximum absolute atomic E-state index is 14.3. The van der Waals surface area contributed by atoms with Gasteiger partial charge in [0.2, 0.25) is 17.7 Å². The molecule has 8 rings (SSSR count). The van der Waals surface area contributed by atoms with E-state index in [1.165, 1.54) is 4.90 Å². The highest BCUT2D eigenvalue weighted by molar-refractivity contribution is 9.10. The molecule has 0 aromatic heterocycles. The van der Waals surface area contributed by atoms with Crippen LogP contribution in [0.3, 0.4) is 0 Å². The first-order valence-corrected chi connectivity index (χ1v) is 14.0. The van der Waals surface area contributed by atoms with Gasteiger partial charge in [-0.05, 0) is 52.1 Å². The van der Waals surface area contributed by atoms with Gasteiger partial charge in [0.1, 0.15) is 0 Å². The summed E-state index contributed by atoms with van der Waals surface area (Å²) in [5.74, 6) is -2.27. The SMILES string of the molecule is O=C(Cc1ccccc1)N/N=C\C12c3ccccc3C(c3ccccc31)[C@@H]1C(=O)N(c3ccc(Br)cc3)C(=O)[C@H]12. The Balaban J connectivity index is 1.36. The highest BCUT2D eigenvalue weighted by atomic mass is 79.9. The number of hydrogen-bond donors (Lipinski definition) is 1. The first-order valence-electron chi connectivity index (χ1n) is 13.2. The van der Waals surface area contributed by atoms with E-state index in [0.29, 0.717) is 5.69 Å². The largest absolute Gasteiger partial charge is 0.274 e. The first kappa shape index (κ1) is 24.7. The number of carbonyl (C=O) groups is 3. The van der Waals surface area contributed by atoms with Crippen molar-refractivity contribution < 1.29 is 14.4 Å². The maximum atomic E-state index is 14.3. The van der Waals surface area contributed by atoms with Crippen LogP contribution in [-0.4, -0.2) is 23.9 Å². The molecule has 1 fully saturated rings. The summed E-state index contributed by atoms with van der Waals surface area (Å²) >= 11 is 3.44. The van der Waals surface area contributed by atoms with Crippen LogP contribution in [0.25, 0.3) is 0 Å². The molecule has 0 saturated carbocycles. The summed E-state index contributed by atoms with van der Waals surface area (Å²) in [6, 6.07) is 32.7. The highest BCUT2D eigenvalue weighted by Gasteiger charge is 2.68. The number of nitrogens with zero attached hydrogens (tertiary/aromatic N) is 2. The molecule has 1 saturated heterocycles. The van der Waals surface area contributed by atoms with Gasteiger partial charge in [-0.1, -0.05) is 94.8 Å². The standard InChI is InChI=1S/C33H24BrN3O3/c34-21-14-16-22(17-15-21)37-31(39)29-28-23-10-4-6-12-25(23)33(30(29)32(37)40,26-13-7-5-11-24(26)28)19-35-36-27(38)18-20-8-2-1-3-9-20/h1-17,19,28-30H,18H2,(H,36,38)/b35-19-/t28?,29-,30-,33?/m0/s1. The zero-order valence-corrected chi connectivity index (χ0v) is 22.9. The van der Waals surface area contributed by atoms with E-state index in [0.717, 1.165) is 32.3 Å². The number of nitrogens with one attached hydrogen (secondary N) is 1. The number of anilines is 1. The molecule has 2 bridgehead atoms. The van der Waals surface area contributed by atoms with Gasteiger partial charge in [-0.3, -0.25) is 14.4 Å². The Hall–Kier alpha value is -4.36. The molecular weight excluding hydrogens is 566 g/mol. The predicted molar refractivity (Wildman–Crippen MR) is 156 cm³/mol. The third-order valence-corrected chi connectivity index (χ3v) is 8.96. The second kappa shape index (κ2) is 9.38. The van der Waals surface area contributed by atoms with Gasteiger partial charge in [0.15, 0.2) is 0 Å². The van der Waals surface area contributed by atoms with Crippen molar-refractivity contribution in [1.82, 2.24) is 5.43 Å². The topological polar surface area (TPSA) is 78.8 Å².